The number of aliphatic carboxylic acids is 1. The summed E-state index contributed by atoms with van der Waals surface area (Å²) in [5.74, 6) is -2.12. The van der Waals surface area contributed by atoms with Gasteiger partial charge in [-0.3, -0.25) is 19.3 Å². The van der Waals surface area contributed by atoms with Crippen LogP contribution in [-0.2, 0) is 31.5 Å². The van der Waals surface area contributed by atoms with E-state index in [1.165, 1.54) is 9.80 Å². The summed E-state index contributed by atoms with van der Waals surface area (Å²) in [6, 6.07) is 0.634. The molecule has 1 rings (SSSR count). The Hall–Kier alpha value is -0.172. The standard InChI is InChI=1S/C22H46N2O8Si4.Na/c1-33(2,3)30-35(7,8)32-36(9,31-34(4,5)6)18-10-15-23(19(25)13-14-22(28)29)16-17-24-20(26)11-12-21(24)27;/h10-18H2,1-9H3,(H,28,29);/q;+1/p-1. The van der Waals surface area contributed by atoms with Crippen molar-refractivity contribution in [1.82, 2.24) is 9.80 Å². The van der Waals surface area contributed by atoms with E-state index in [9.17, 15) is 24.3 Å². The van der Waals surface area contributed by atoms with Crippen LogP contribution < -0.4 is 34.7 Å². The Bertz CT molecular complexity index is 803. The van der Waals surface area contributed by atoms with Gasteiger partial charge < -0.3 is 27.1 Å². The molecule has 37 heavy (non-hydrogen) atoms. The van der Waals surface area contributed by atoms with Crippen LogP contribution in [0, 0.1) is 0 Å². The van der Waals surface area contributed by atoms with E-state index in [0.29, 0.717) is 19.0 Å². The molecule has 1 aliphatic heterocycles. The van der Waals surface area contributed by atoms with Gasteiger partial charge in [-0.1, -0.05) is 0 Å². The second kappa shape index (κ2) is 15.0. The van der Waals surface area contributed by atoms with Crippen LogP contribution in [0.3, 0.4) is 0 Å². The fraction of sp³-hybridized carbons (Fsp3) is 0.818. The van der Waals surface area contributed by atoms with E-state index >= 15 is 0 Å². The van der Waals surface area contributed by atoms with E-state index in [1.54, 1.807) is 0 Å². The minimum atomic E-state index is -2.67. The molecule has 0 radical (unpaired) electrons. The van der Waals surface area contributed by atoms with Crippen LogP contribution in [0.4, 0.5) is 0 Å². The van der Waals surface area contributed by atoms with Gasteiger partial charge in [0.15, 0.2) is 16.6 Å². The van der Waals surface area contributed by atoms with Crippen LogP contribution in [0.2, 0.25) is 65.0 Å². The molecule has 0 aliphatic carbocycles. The van der Waals surface area contributed by atoms with Gasteiger partial charge in [-0.25, -0.2) is 0 Å². The summed E-state index contributed by atoms with van der Waals surface area (Å²) in [7, 11) is -8.89. The molecule has 1 aliphatic rings. The van der Waals surface area contributed by atoms with Gasteiger partial charge in [-0.15, -0.1) is 0 Å². The molecule has 15 heteroatoms. The summed E-state index contributed by atoms with van der Waals surface area (Å²) >= 11 is 0. The summed E-state index contributed by atoms with van der Waals surface area (Å²) in [6.45, 7) is 19.5. The first-order valence-corrected chi connectivity index (χ1v) is 24.8. The second-order valence-electron chi connectivity index (χ2n) is 11.9. The molecule has 1 fully saturated rings. The van der Waals surface area contributed by atoms with Crippen molar-refractivity contribution >= 4 is 57.4 Å². The zero-order valence-corrected chi connectivity index (χ0v) is 30.5. The average molecular weight is 601 g/mol. The average Bonchev–Trinajstić information content (AvgIpc) is 2.96. The molecule has 1 saturated heterocycles. The van der Waals surface area contributed by atoms with Crippen molar-refractivity contribution in [2.24, 2.45) is 0 Å². The number of hydrogen-bond acceptors (Lipinski definition) is 8. The molecule has 3 amide bonds. The second-order valence-corrected chi connectivity index (χ2v) is 28.3. The van der Waals surface area contributed by atoms with Crippen molar-refractivity contribution in [2.75, 3.05) is 19.6 Å². The van der Waals surface area contributed by atoms with Gasteiger partial charge in [0.1, 0.15) is 0 Å². The van der Waals surface area contributed by atoms with E-state index in [-0.39, 0.29) is 86.1 Å². The summed E-state index contributed by atoms with van der Waals surface area (Å²) in [5.41, 5.74) is 0. The quantitative estimate of drug-likeness (QED) is 0.170. The molecular weight excluding hydrogens is 556 g/mol. The number of rotatable bonds is 16. The predicted octanol–water partition coefficient (Wildman–Crippen LogP) is -0.618. The number of carbonyl (C=O) groups excluding carboxylic acids is 4. The van der Waals surface area contributed by atoms with Crippen LogP contribution in [0.15, 0.2) is 0 Å². The Kier molecular flexibility index (Phi) is 14.9. The predicted molar refractivity (Wildman–Crippen MR) is 145 cm³/mol. The maximum Gasteiger partial charge on any atom is 1.00 e. The van der Waals surface area contributed by atoms with Crippen LogP contribution >= 0.6 is 0 Å². The molecule has 1 heterocycles. The summed E-state index contributed by atoms with van der Waals surface area (Å²) in [5, 5.41) is 10.9. The molecule has 0 aromatic heterocycles. The molecule has 10 nitrogen and oxygen atoms in total. The smallest absolute Gasteiger partial charge is 0.550 e. The first kappa shape index (κ1) is 36.8. The van der Waals surface area contributed by atoms with Gasteiger partial charge in [0.25, 0.3) is 0 Å². The Morgan fingerprint density at radius 1 is 0.838 bits per heavy atom. The van der Waals surface area contributed by atoms with Crippen LogP contribution in [-0.4, -0.2) is 86.9 Å². The fourth-order valence-corrected chi connectivity index (χ4v) is 22.4. The minimum absolute atomic E-state index is 0. The van der Waals surface area contributed by atoms with Crippen LogP contribution in [0.1, 0.15) is 32.1 Å². The van der Waals surface area contributed by atoms with E-state index in [2.05, 4.69) is 45.8 Å². The van der Waals surface area contributed by atoms with Gasteiger partial charge in [-0.05, 0) is 77.8 Å². The Morgan fingerprint density at radius 2 is 1.35 bits per heavy atom. The molecule has 1 atom stereocenters. The molecule has 0 saturated carbocycles. The van der Waals surface area contributed by atoms with Crippen LogP contribution in [0.5, 0.6) is 0 Å². The molecular formula is C22H45N2NaO8Si4. The normalized spacial score (nSPS) is 16.4. The Balaban J connectivity index is 0.0000130. The first-order chi connectivity index (χ1) is 16.2. The van der Waals surface area contributed by atoms with Gasteiger partial charge in [0.2, 0.25) is 17.7 Å². The van der Waals surface area contributed by atoms with Crippen molar-refractivity contribution in [3.05, 3.63) is 0 Å². The van der Waals surface area contributed by atoms with Crippen molar-refractivity contribution in [3.63, 3.8) is 0 Å². The molecule has 208 valence electrons. The molecule has 0 spiro atoms. The summed E-state index contributed by atoms with van der Waals surface area (Å²) in [4.78, 5) is 50.3. The number of imide groups is 1. The maximum atomic E-state index is 12.8. The van der Waals surface area contributed by atoms with E-state index in [4.69, 9.17) is 12.3 Å². The largest absolute Gasteiger partial charge is 1.00 e. The number of nitrogens with zero attached hydrogens (tertiary/aromatic N) is 2. The molecule has 0 aromatic rings. The van der Waals surface area contributed by atoms with Gasteiger partial charge >= 0.3 is 46.7 Å². The summed E-state index contributed by atoms with van der Waals surface area (Å²) < 4.78 is 19.7. The molecule has 0 bridgehead atoms. The maximum absolute atomic E-state index is 12.8. The molecule has 0 N–H and O–H groups in total. The number of carbonyl (C=O) groups is 4. The van der Waals surface area contributed by atoms with E-state index < -0.39 is 39.7 Å². The van der Waals surface area contributed by atoms with Gasteiger partial charge in [0.05, 0.1) is 0 Å². The topological polar surface area (TPSA) is 126 Å². The molecule has 0 aromatic carbocycles. The zero-order chi connectivity index (χ0) is 27.9. The van der Waals surface area contributed by atoms with Crippen molar-refractivity contribution < 1.29 is 66.2 Å². The number of carboxylic acid groups (broad SMARTS) is 1. The third-order valence-electron chi connectivity index (χ3n) is 5.24. The van der Waals surface area contributed by atoms with Crippen molar-refractivity contribution in [2.45, 2.75) is 97.1 Å². The monoisotopic (exact) mass is 600 g/mol. The molecule has 1 unspecified atom stereocenters. The summed E-state index contributed by atoms with van der Waals surface area (Å²) in [6.07, 6.45) is 0.394. The SMILES string of the molecule is C[Si](C)(C)O[Si](C)(C)O[Si](C)(CCCN(CCN1C(=O)CCC1=O)C(=O)CCC(=O)[O-])O[Si](C)(C)C.[Na+]. The van der Waals surface area contributed by atoms with Crippen molar-refractivity contribution in [3.8, 4) is 0 Å². The number of amides is 3. The number of hydrogen-bond donors (Lipinski definition) is 0. The third-order valence-corrected chi connectivity index (χ3v) is 18.8. The third kappa shape index (κ3) is 15.3. The fourth-order valence-electron chi connectivity index (χ4n) is 4.46. The van der Waals surface area contributed by atoms with Crippen LogP contribution in [0.25, 0.3) is 0 Å². The van der Waals surface area contributed by atoms with Crippen molar-refractivity contribution in [1.29, 1.82) is 0 Å². The number of likely N-dealkylation sites (tertiary alicyclic amines) is 1. The van der Waals surface area contributed by atoms with Gasteiger partial charge in [0, 0.05) is 44.9 Å². The first-order valence-electron chi connectivity index (χ1n) is 12.6. The number of carboxylic acids is 1. The zero-order valence-electron chi connectivity index (χ0n) is 24.5. The minimum Gasteiger partial charge on any atom is -0.550 e. The Morgan fingerprint density at radius 3 is 1.81 bits per heavy atom. The van der Waals surface area contributed by atoms with Gasteiger partial charge in [-0.2, -0.15) is 0 Å². The van der Waals surface area contributed by atoms with E-state index in [1.807, 2.05) is 13.1 Å². The Labute approximate surface area is 248 Å². The van der Waals surface area contributed by atoms with E-state index in [0.717, 1.165) is 0 Å².